The molecule has 0 heterocycles. The second-order valence-electron chi connectivity index (χ2n) is 4.10. The summed E-state index contributed by atoms with van der Waals surface area (Å²) in [5.41, 5.74) is 1.44. The van der Waals surface area contributed by atoms with Crippen molar-refractivity contribution in [3.05, 3.63) is 29.3 Å². The van der Waals surface area contributed by atoms with Crippen molar-refractivity contribution in [3.63, 3.8) is 0 Å². The van der Waals surface area contributed by atoms with Crippen LogP contribution in [0.15, 0.2) is 18.2 Å². The first-order valence-electron chi connectivity index (χ1n) is 6.25. The highest BCUT2D eigenvalue weighted by molar-refractivity contribution is 5.77. The van der Waals surface area contributed by atoms with Crippen molar-refractivity contribution in [2.45, 2.75) is 19.9 Å². The topological polar surface area (TPSA) is 74.2 Å². The minimum Gasteiger partial charge on any atom is -0.495 e. The van der Waals surface area contributed by atoms with Gasteiger partial charge in [-0.05, 0) is 24.1 Å². The largest absolute Gasteiger partial charge is 0.495 e. The molecule has 2 N–H and O–H groups in total. The Hall–Kier alpha value is -2.06. The average Bonchev–Trinajstić information content (AvgIpc) is 2.44. The van der Waals surface area contributed by atoms with E-state index in [0.717, 1.165) is 12.0 Å². The molecule has 102 valence electrons. The maximum absolute atomic E-state index is 11.4. The molecule has 1 amide bonds. The van der Waals surface area contributed by atoms with Gasteiger partial charge in [-0.3, -0.25) is 4.79 Å². The van der Waals surface area contributed by atoms with Gasteiger partial charge in [-0.25, -0.2) is 0 Å². The molecule has 0 unspecified atom stereocenters. The van der Waals surface area contributed by atoms with Gasteiger partial charge in [-0.15, -0.1) is 0 Å². The average molecular weight is 261 g/mol. The molecular formula is C14H19N3O2. The predicted octanol–water partition coefficient (Wildman–Crippen LogP) is 1.18. The summed E-state index contributed by atoms with van der Waals surface area (Å²) in [5.74, 6) is 0.544. The van der Waals surface area contributed by atoms with E-state index in [9.17, 15) is 4.79 Å². The number of ether oxygens (including phenoxy) is 1. The lowest BCUT2D eigenvalue weighted by atomic mass is 10.1. The van der Waals surface area contributed by atoms with Crippen LogP contribution in [0.2, 0.25) is 0 Å². The summed E-state index contributed by atoms with van der Waals surface area (Å²) in [7, 11) is 1.53. The molecule has 0 aliphatic carbocycles. The number of carbonyl (C=O) groups is 1. The number of nitriles is 1. The Morgan fingerprint density at radius 2 is 2.26 bits per heavy atom. The van der Waals surface area contributed by atoms with Crippen molar-refractivity contribution >= 4 is 5.91 Å². The molecule has 1 aromatic rings. The Bertz CT molecular complexity index is 466. The molecule has 0 fully saturated rings. The number of benzene rings is 1. The molecule has 5 nitrogen and oxygen atoms in total. The molecule has 19 heavy (non-hydrogen) atoms. The van der Waals surface area contributed by atoms with Crippen molar-refractivity contribution in [1.29, 1.82) is 5.26 Å². The number of carbonyl (C=O) groups excluding carboxylic acids is 1. The second-order valence-corrected chi connectivity index (χ2v) is 4.10. The number of nitrogens with zero attached hydrogens (tertiary/aromatic N) is 1. The minimum atomic E-state index is -0.0177. The van der Waals surface area contributed by atoms with E-state index in [0.29, 0.717) is 24.4 Å². The summed E-state index contributed by atoms with van der Waals surface area (Å²) in [4.78, 5) is 11.4. The van der Waals surface area contributed by atoms with Crippen LogP contribution in [0.1, 0.15) is 24.5 Å². The highest BCUT2D eigenvalue weighted by Crippen LogP contribution is 2.18. The third kappa shape index (κ3) is 4.98. The lowest BCUT2D eigenvalue weighted by Gasteiger charge is -2.08. The van der Waals surface area contributed by atoms with E-state index >= 15 is 0 Å². The Labute approximate surface area is 113 Å². The van der Waals surface area contributed by atoms with Crippen LogP contribution < -0.4 is 15.4 Å². The van der Waals surface area contributed by atoms with Gasteiger partial charge in [0.05, 0.1) is 19.2 Å². The van der Waals surface area contributed by atoms with Crippen molar-refractivity contribution in [2.24, 2.45) is 0 Å². The second kappa shape index (κ2) is 8.11. The van der Waals surface area contributed by atoms with Gasteiger partial charge in [0, 0.05) is 13.1 Å². The van der Waals surface area contributed by atoms with E-state index < -0.39 is 0 Å². The molecule has 0 atom stereocenters. The molecule has 0 aliphatic rings. The number of hydrogen-bond donors (Lipinski definition) is 2. The van der Waals surface area contributed by atoms with E-state index in [1.54, 1.807) is 12.1 Å². The zero-order valence-electron chi connectivity index (χ0n) is 11.3. The van der Waals surface area contributed by atoms with Gasteiger partial charge in [0.25, 0.3) is 0 Å². The fourth-order valence-electron chi connectivity index (χ4n) is 1.60. The van der Waals surface area contributed by atoms with Gasteiger partial charge in [0.2, 0.25) is 5.91 Å². The Morgan fingerprint density at radius 3 is 2.89 bits per heavy atom. The van der Waals surface area contributed by atoms with Crippen molar-refractivity contribution in [2.75, 3.05) is 20.2 Å². The number of nitrogens with one attached hydrogen (secondary N) is 2. The molecule has 0 saturated heterocycles. The first-order valence-corrected chi connectivity index (χ1v) is 6.25. The highest BCUT2D eigenvalue weighted by Gasteiger charge is 2.04. The molecular weight excluding hydrogens is 242 g/mol. The third-order valence-electron chi connectivity index (χ3n) is 2.57. The van der Waals surface area contributed by atoms with Gasteiger partial charge in [0.15, 0.2) is 0 Å². The van der Waals surface area contributed by atoms with Gasteiger partial charge in [0.1, 0.15) is 11.8 Å². The molecule has 0 saturated carbocycles. The van der Waals surface area contributed by atoms with Gasteiger partial charge >= 0.3 is 0 Å². The van der Waals surface area contributed by atoms with E-state index in [2.05, 4.69) is 16.7 Å². The Morgan fingerprint density at radius 1 is 1.47 bits per heavy atom. The van der Waals surface area contributed by atoms with Gasteiger partial charge < -0.3 is 15.4 Å². The summed E-state index contributed by atoms with van der Waals surface area (Å²) >= 11 is 0. The van der Waals surface area contributed by atoms with Gasteiger partial charge in [-0.2, -0.15) is 5.26 Å². The SMILES string of the molecule is CCCNC(=O)CNCc1ccc(OC)c(C#N)c1. The molecule has 1 aromatic carbocycles. The Balaban J connectivity index is 2.46. The van der Waals surface area contributed by atoms with Crippen LogP contribution in [0.5, 0.6) is 5.75 Å². The fraction of sp³-hybridized carbons (Fsp3) is 0.429. The summed E-state index contributed by atoms with van der Waals surface area (Å²) in [6, 6.07) is 7.47. The summed E-state index contributed by atoms with van der Waals surface area (Å²) in [6.07, 6.45) is 0.926. The molecule has 0 radical (unpaired) electrons. The monoisotopic (exact) mass is 261 g/mol. The summed E-state index contributed by atoms with van der Waals surface area (Å²) < 4.78 is 5.07. The van der Waals surface area contributed by atoms with Crippen molar-refractivity contribution in [3.8, 4) is 11.8 Å². The normalized spacial score (nSPS) is 9.74. The molecule has 0 bridgehead atoms. The summed E-state index contributed by atoms with van der Waals surface area (Å²) in [6.45, 7) is 3.52. The Kier molecular flexibility index (Phi) is 6.41. The molecule has 0 aromatic heterocycles. The standard InChI is InChI=1S/C14H19N3O2/c1-3-6-17-14(18)10-16-9-11-4-5-13(19-2)12(7-11)8-15/h4-5,7,16H,3,6,9-10H2,1-2H3,(H,17,18). The molecule has 1 rings (SSSR count). The number of hydrogen-bond acceptors (Lipinski definition) is 4. The van der Waals surface area contributed by atoms with Gasteiger partial charge in [-0.1, -0.05) is 13.0 Å². The number of rotatable bonds is 7. The molecule has 0 spiro atoms. The van der Waals surface area contributed by atoms with E-state index in [-0.39, 0.29) is 12.5 Å². The zero-order valence-corrected chi connectivity index (χ0v) is 11.3. The first-order chi connectivity index (χ1) is 9.21. The van der Waals surface area contributed by atoms with E-state index in [1.165, 1.54) is 7.11 Å². The maximum atomic E-state index is 11.4. The van der Waals surface area contributed by atoms with Crippen molar-refractivity contribution in [1.82, 2.24) is 10.6 Å². The van der Waals surface area contributed by atoms with Crippen LogP contribution in [0.3, 0.4) is 0 Å². The smallest absolute Gasteiger partial charge is 0.233 e. The fourth-order valence-corrected chi connectivity index (χ4v) is 1.60. The van der Waals surface area contributed by atoms with Crippen LogP contribution in [0.25, 0.3) is 0 Å². The van der Waals surface area contributed by atoms with Crippen LogP contribution >= 0.6 is 0 Å². The third-order valence-corrected chi connectivity index (χ3v) is 2.57. The highest BCUT2D eigenvalue weighted by atomic mass is 16.5. The number of amides is 1. The molecule has 5 heteroatoms. The quantitative estimate of drug-likeness (QED) is 0.773. The van der Waals surface area contributed by atoms with Crippen LogP contribution in [0, 0.1) is 11.3 Å². The molecule has 0 aliphatic heterocycles. The van der Waals surface area contributed by atoms with Crippen LogP contribution in [-0.4, -0.2) is 26.1 Å². The van der Waals surface area contributed by atoms with Crippen LogP contribution in [0.4, 0.5) is 0 Å². The lowest BCUT2D eigenvalue weighted by molar-refractivity contribution is -0.120. The minimum absolute atomic E-state index is 0.0177. The summed E-state index contributed by atoms with van der Waals surface area (Å²) in [5, 5.41) is 14.8. The van der Waals surface area contributed by atoms with Crippen molar-refractivity contribution < 1.29 is 9.53 Å². The van der Waals surface area contributed by atoms with Crippen LogP contribution in [-0.2, 0) is 11.3 Å². The number of methoxy groups -OCH3 is 1. The first kappa shape index (κ1) is 15.0. The van der Waals surface area contributed by atoms with E-state index in [4.69, 9.17) is 10.00 Å². The maximum Gasteiger partial charge on any atom is 0.233 e. The zero-order chi connectivity index (χ0) is 14.1. The predicted molar refractivity (Wildman–Crippen MR) is 72.7 cm³/mol. The van der Waals surface area contributed by atoms with E-state index in [1.807, 2.05) is 13.0 Å². The lowest BCUT2D eigenvalue weighted by Crippen LogP contribution is -2.33.